The first kappa shape index (κ1) is 25.5. The SMILES string of the molecule is COc1cc(C)cc(-c2cc(OC)c(-n3c4c(ccc3=O)CN(S(=O)(=O)Nc3ccon3)CC4)cc2F)c1. The second kappa shape index (κ2) is 9.95. The zero-order valence-corrected chi connectivity index (χ0v) is 21.7. The van der Waals surface area contributed by atoms with Gasteiger partial charge in [0.05, 0.1) is 19.9 Å². The summed E-state index contributed by atoms with van der Waals surface area (Å²) < 4.78 is 61.9. The molecule has 1 aliphatic heterocycles. The van der Waals surface area contributed by atoms with Crippen LogP contribution >= 0.6 is 0 Å². The van der Waals surface area contributed by atoms with Crippen LogP contribution in [0.25, 0.3) is 16.8 Å². The molecule has 2 aromatic heterocycles. The maximum atomic E-state index is 15.5. The van der Waals surface area contributed by atoms with Crippen molar-refractivity contribution in [2.75, 3.05) is 25.5 Å². The molecule has 2 aromatic carbocycles. The molecule has 0 aliphatic carbocycles. The zero-order valence-electron chi connectivity index (χ0n) is 20.9. The number of anilines is 1. The van der Waals surface area contributed by atoms with Crippen LogP contribution in [-0.2, 0) is 23.2 Å². The Morgan fingerprint density at radius 2 is 1.89 bits per heavy atom. The van der Waals surface area contributed by atoms with Crippen molar-refractivity contribution in [1.82, 2.24) is 14.0 Å². The van der Waals surface area contributed by atoms with Crippen molar-refractivity contribution in [2.24, 2.45) is 0 Å². The standard InChI is InChI=1S/C26H25FN4O6S/c1-16-10-18(12-19(11-16)35-2)20-13-24(36-3)23(14-21(20)27)31-22-6-8-30(15-17(22)4-5-26(31)32)38(33,34)29-25-7-9-37-28-25/h4-5,7,9-14H,6,8,15H2,1-3H3,(H,28,29). The van der Waals surface area contributed by atoms with Gasteiger partial charge in [-0.25, -0.2) is 4.39 Å². The Balaban J connectivity index is 1.55. The molecule has 0 radical (unpaired) electrons. The number of hydrogen-bond donors (Lipinski definition) is 1. The molecule has 1 N–H and O–H groups in total. The fraction of sp³-hybridized carbons (Fsp3) is 0.231. The number of methoxy groups -OCH3 is 2. The Morgan fingerprint density at radius 3 is 2.61 bits per heavy atom. The number of nitrogens with one attached hydrogen (secondary N) is 1. The van der Waals surface area contributed by atoms with Crippen LogP contribution in [0, 0.1) is 12.7 Å². The van der Waals surface area contributed by atoms with E-state index in [9.17, 15) is 13.2 Å². The van der Waals surface area contributed by atoms with E-state index in [0.29, 0.717) is 33.9 Å². The van der Waals surface area contributed by atoms with Gasteiger partial charge in [0, 0.05) is 49.0 Å². The Morgan fingerprint density at radius 1 is 1.08 bits per heavy atom. The first-order valence-corrected chi connectivity index (χ1v) is 13.1. The molecule has 0 saturated carbocycles. The van der Waals surface area contributed by atoms with Gasteiger partial charge < -0.3 is 14.0 Å². The van der Waals surface area contributed by atoms with Gasteiger partial charge in [-0.3, -0.25) is 14.1 Å². The maximum Gasteiger partial charge on any atom is 0.303 e. The second-order valence-corrected chi connectivity index (χ2v) is 10.5. The number of pyridine rings is 1. The van der Waals surface area contributed by atoms with Crippen molar-refractivity contribution < 1.29 is 26.8 Å². The van der Waals surface area contributed by atoms with Gasteiger partial charge in [0.1, 0.15) is 23.6 Å². The zero-order chi connectivity index (χ0) is 27.0. The van der Waals surface area contributed by atoms with E-state index in [1.165, 1.54) is 40.4 Å². The number of ether oxygens (including phenoxy) is 2. The van der Waals surface area contributed by atoms with Gasteiger partial charge in [-0.05, 0) is 41.8 Å². The van der Waals surface area contributed by atoms with Crippen LogP contribution in [0.2, 0.25) is 0 Å². The van der Waals surface area contributed by atoms with E-state index in [4.69, 9.17) is 9.47 Å². The molecule has 0 unspecified atom stereocenters. The lowest BCUT2D eigenvalue weighted by atomic mass is 10.0. The van der Waals surface area contributed by atoms with E-state index in [2.05, 4.69) is 14.4 Å². The van der Waals surface area contributed by atoms with Crippen LogP contribution in [0.4, 0.5) is 10.2 Å². The summed E-state index contributed by atoms with van der Waals surface area (Å²) in [6, 6.07) is 12.5. The summed E-state index contributed by atoms with van der Waals surface area (Å²) in [5.41, 5.74) is 2.82. The number of aromatic nitrogens is 2. The van der Waals surface area contributed by atoms with Crippen molar-refractivity contribution in [1.29, 1.82) is 0 Å². The molecule has 4 aromatic rings. The van der Waals surface area contributed by atoms with Crippen molar-refractivity contribution in [3.05, 3.63) is 87.8 Å². The maximum absolute atomic E-state index is 15.5. The van der Waals surface area contributed by atoms with Gasteiger partial charge in [-0.1, -0.05) is 17.3 Å². The molecule has 38 heavy (non-hydrogen) atoms. The average molecular weight is 541 g/mol. The Kier molecular flexibility index (Phi) is 6.67. The van der Waals surface area contributed by atoms with Crippen LogP contribution in [0.15, 0.2) is 64.1 Å². The monoisotopic (exact) mass is 540 g/mol. The van der Waals surface area contributed by atoms with Gasteiger partial charge in [-0.2, -0.15) is 12.7 Å². The largest absolute Gasteiger partial charge is 0.497 e. The number of benzene rings is 2. The van der Waals surface area contributed by atoms with E-state index < -0.39 is 16.0 Å². The number of hydrogen-bond acceptors (Lipinski definition) is 7. The van der Waals surface area contributed by atoms with Crippen molar-refractivity contribution in [2.45, 2.75) is 19.9 Å². The number of nitrogens with zero attached hydrogens (tertiary/aromatic N) is 3. The third kappa shape index (κ3) is 4.75. The third-order valence-electron chi connectivity index (χ3n) is 6.35. The first-order valence-electron chi connectivity index (χ1n) is 11.7. The molecule has 0 atom stereocenters. The highest BCUT2D eigenvalue weighted by Crippen LogP contribution is 2.35. The molecule has 3 heterocycles. The highest BCUT2D eigenvalue weighted by Gasteiger charge is 2.30. The molecule has 1 aliphatic rings. The van der Waals surface area contributed by atoms with Crippen molar-refractivity contribution in [3.63, 3.8) is 0 Å². The topological polar surface area (TPSA) is 116 Å². The summed E-state index contributed by atoms with van der Waals surface area (Å²) in [4.78, 5) is 13.0. The first-order chi connectivity index (χ1) is 18.2. The molecular formula is C26H25FN4O6S. The van der Waals surface area contributed by atoms with Gasteiger partial charge in [0.25, 0.3) is 5.56 Å². The lowest BCUT2D eigenvalue weighted by Gasteiger charge is -2.30. The van der Waals surface area contributed by atoms with E-state index in [1.54, 1.807) is 25.3 Å². The fourth-order valence-electron chi connectivity index (χ4n) is 4.59. The Labute approximate surface area is 218 Å². The predicted molar refractivity (Wildman–Crippen MR) is 138 cm³/mol. The smallest absolute Gasteiger partial charge is 0.303 e. The number of fused-ring (bicyclic) bond motifs is 1. The van der Waals surface area contributed by atoms with Gasteiger partial charge in [-0.15, -0.1) is 0 Å². The minimum Gasteiger partial charge on any atom is -0.497 e. The van der Waals surface area contributed by atoms with Crippen LogP contribution < -0.4 is 19.8 Å². The van der Waals surface area contributed by atoms with E-state index in [1.807, 2.05) is 19.1 Å². The van der Waals surface area contributed by atoms with Gasteiger partial charge >= 0.3 is 10.2 Å². The number of rotatable bonds is 7. The fourth-order valence-corrected chi connectivity index (χ4v) is 5.73. The molecule has 0 amide bonds. The van der Waals surface area contributed by atoms with Crippen LogP contribution in [0.5, 0.6) is 11.5 Å². The Bertz CT molecular complexity index is 1670. The molecule has 5 rings (SSSR count). The molecule has 0 bridgehead atoms. The molecule has 198 valence electrons. The third-order valence-corrected chi connectivity index (χ3v) is 7.81. The van der Waals surface area contributed by atoms with E-state index >= 15 is 4.39 Å². The van der Waals surface area contributed by atoms with Crippen LogP contribution in [0.1, 0.15) is 16.8 Å². The van der Waals surface area contributed by atoms with E-state index in [-0.39, 0.29) is 36.6 Å². The quantitative estimate of drug-likeness (QED) is 0.380. The average Bonchev–Trinajstić information content (AvgIpc) is 3.40. The summed E-state index contributed by atoms with van der Waals surface area (Å²) in [6.07, 6.45) is 1.47. The lowest BCUT2D eigenvalue weighted by Crippen LogP contribution is -2.41. The lowest BCUT2D eigenvalue weighted by molar-refractivity contribution is 0.384. The molecular weight excluding hydrogens is 515 g/mol. The van der Waals surface area contributed by atoms with E-state index in [0.717, 1.165) is 5.56 Å². The van der Waals surface area contributed by atoms with Crippen LogP contribution in [-0.4, -0.2) is 43.2 Å². The highest BCUT2D eigenvalue weighted by atomic mass is 32.2. The summed E-state index contributed by atoms with van der Waals surface area (Å²) in [5.74, 6) is 0.399. The second-order valence-electron chi connectivity index (χ2n) is 8.80. The van der Waals surface area contributed by atoms with Crippen molar-refractivity contribution >= 4 is 16.0 Å². The van der Waals surface area contributed by atoms with Crippen LogP contribution in [0.3, 0.4) is 0 Å². The number of aryl methyl sites for hydroxylation is 1. The predicted octanol–water partition coefficient (Wildman–Crippen LogP) is 3.67. The van der Waals surface area contributed by atoms with Crippen molar-refractivity contribution in [3.8, 4) is 28.3 Å². The summed E-state index contributed by atoms with van der Waals surface area (Å²) in [7, 11) is -0.935. The molecule has 0 saturated heterocycles. The molecule has 0 fully saturated rings. The Hall–Kier alpha value is -4.16. The van der Waals surface area contributed by atoms with Gasteiger partial charge in [0.2, 0.25) is 0 Å². The van der Waals surface area contributed by atoms with Gasteiger partial charge in [0.15, 0.2) is 5.82 Å². The molecule has 0 spiro atoms. The minimum absolute atomic E-state index is 0.00870. The minimum atomic E-state index is -3.92. The summed E-state index contributed by atoms with van der Waals surface area (Å²) in [5, 5.41) is 3.58. The number of halogens is 1. The summed E-state index contributed by atoms with van der Waals surface area (Å²) >= 11 is 0. The normalized spacial score (nSPS) is 13.7. The molecule has 10 nitrogen and oxygen atoms in total. The summed E-state index contributed by atoms with van der Waals surface area (Å²) in [6.45, 7) is 1.99. The molecule has 12 heteroatoms. The highest BCUT2D eigenvalue weighted by molar-refractivity contribution is 7.90.